The minimum atomic E-state index is -0.432. The number of furan rings is 1. The summed E-state index contributed by atoms with van der Waals surface area (Å²) in [6.45, 7) is 0. The summed E-state index contributed by atoms with van der Waals surface area (Å²) in [6.07, 6.45) is 1.51. The molecule has 0 saturated carbocycles. The Kier molecular flexibility index (Phi) is 4.54. The molecule has 3 heterocycles. The number of nitrogens with zero attached hydrogens (tertiary/aromatic N) is 1. The average molecular weight is 379 g/mol. The number of hydrogen-bond donors (Lipinski definition) is 2. The van der Waals surface area contributed by atoms with Gasteiger partial charge in [0, 0.05) is 17.4 Å². The van der Waals surface area contributed by atoms with Crippen molar-refractivity contribution in [3.8, 4) is 11.5 Å². The topological polar surface area (TPSA) is 97.4 Å². The molecule has 27 heavy (non-hydrogen) atoms. The van der Waals surface area contributed by atoms with Gasteiger partial charge in [0.05, 0.1) is 11.1 Å². The predicted molar refractivity (Wildman–Crippen MR) is 101 cm³/mol. The van der Waals surface area contributed by atoms with Gasteiger partial charge in [-0.25, -0.2) is 0 Å². The number of benzene rings is 1. The van der Waals surface area contributed by atoms with Crippen LogP contribution in [-0.2, 0) is 0 Å². The zero-order chi connectivity index (χ0) is 18.6. The fourth-order valence-corrected chi connectivity index (χ4v) is 3.01. The molecule has 0 aliphatic heterocycles. The van der Waals surface area contributed by atoms with E-state index < -0.39 is 5.91 Å². The molecule has 7 nitrogen and oxygen atoms in total. The number of aromatic nitrogens is 1. The lowest BCUT2D eigenvalue weighted by molar-refractivity contribution is 0.101. The number of carbonyl (C=O) groups is 2. The molecule has 1 aromatic carbocycles. The molecule has 0 unspecified atom stereocenters. The Bertz CT molecular complexity index is 1070. The largest absolute Gasteiger partial charge is 0.461 e. The van der Waals surface area contributed by atoms with Gasteiger partial charge >= 0.3 is 0 Å². The van der Waals surface area contributed by atoms with Crippen molar-refractivity contribution in [2.75, 3.05) is 10.6 Å². The SMILES string of the molecule is O=C(Nc1cccc(NC(=O)c2cccs2)c1)c1cc(-c2ccco2)on1. The fraction of sp³-hybridized carbons (Fsp3) is 0. The summed E-state index contributed by atoms with van der Waals surface area (Å²) in [6, 6.07) is 15.3. The molecule has 0 bridgehead atoms. The third-order valence-corrected chi connectivity index (χ3v) is 4.50. The monoisotopic (exact) mass is 379 g/mol. The first-order chi connectivity index (χ1) is 13.2. The Hall–Kier alpha value is -3.65. The van der Waals surface area contributed by atoms with Crippen LogP contribution in [0.1, 0.15) is 20.2 Å². The molecule has 8 heteroatoms. The van der Waals surface area contributed by atoms with E-state index in [1.165, 1.54) is 23.7 Å². The van der Waals surface area contributed by atoms with Crippen LogP contribution in [0, 0.1) is 0 Å². The van der Waals surface area contributed by atoms with Crippen molar-refractivity contribution in [2.24, 2.45) is 0 Å². The van der Waals surface area contributed by atoms with Gasteiger partial charge in [-0.2, -0.15) is 0 Å². The number of thiophene rings is 1. The number of amides is 2. The summed E-state index contributed by atoms with van der Waals surface area (Å²) < 4.78 is 10.3. The highest BCUT2D eigenvalue weighted by molar-refractivity contribution is 7.12. The molecule has 4 rings (SSSR count). The first kappa shape index (κ1) is 16.8. The molecule has 134 valence electrons. The smallest absolute Gasteiger partial charge is 0.277 e. The van der Waals surface area contributed by atoms with Crippen LogP contribution < -0.4 is 10.6 Å². The van der Waals surface area contributed by atoms with Crippen LogP contribution in [0.2, 0.25) is 0 Å². The van der Waals surface area contributed by atoms with Crippen molar-refractivity contribution >= 4 is 34.5 Å². The van der Waals surface area contributed by atoms with Crippen LogP contribution in [0.5, 0.6) is 0 Å². The first-order valence-corrected chi connectivity index (χ1v) is 8.84. The van der Waals surface area contributed by atoms with Crippen molar-refractivity contribution < 1.29 is 18.5 Å². The second-order valence-corrected chi connectivity index (χ2v) is 6.47. The normalized spacial score (nSPS) is 10.5. The Morgan fingerprint density at radius 1 is 0.889 bits per heavy atom. The van der Waals surface area contributed by atoms with E-state index in [4.69, 9.17) is 8.94 Å². The minimum Gasteiger partial charge on any atom is -0.461 e. The van der Waals surface area contributed by atoms with Gasteiger partial charge in [-0.1, -0.05) is 17.3 Å². The number of rotatable bonds is 5. The second kappa shape index (κ2) is 7.30. The lowest BCUT2D eigenvalue weighted by Gasteiger charge is -2.07. The van der Waals surface area contributed by atoms with E-state index in [0.29, 0.717) is 27.8 Å². The summed E-state index contributed by atoms with van der Waals surface area (Å²) in [7, 11) is 0. The maximum atomic E-state index is 12.4. The zero-order valence-corrected chi connectivity index (χ0v) is 14.7. The van der Waals surface area contributed by atoms with E-state index in [2.05, 4.69) is 15.8 Å². The highest BCUT2D eigenvalue weighted by atomic mass is 32.1. The van der Waals surface area contributed by atoms with Crippen molar-refractivity contribution in [2.45, 2.75) is 0 Å². The summed E-state index contributed by atoms with van der Waals surface area (Å²) >= 11 is 1.36. The Morgan fingerprint density at radius 2 is 1.70 bits per heavy atom. The molecule has 4 aromatic rings. The maximum Gasteiger partial charge on any atom is 0.277 e. The van der Waals surface area contributed by atoms with Gasteiger partial charge < -0.3 is 19.6 Å². The van der Waals surface area contributed by atoms with Crippen LogP contribution in [0.15, 0.2) is 75.2 Å². The molecule has 0 radical (unpaired) electrons. The Balaban J connectivity index is 1.45. The lowest BCUT2D eigenvalue weighted by Crippen LogP contribution is -2.13. The number of hydrogen-bond acceptors (Lipinski definition) is 6. The van der Waals surface area contributed by atoms with E-state index in [9.17, 15) is 9.59 Å². The molecule has 0 aliphatic carbocycles. The van der Waals surface area contributed by atoms with Crippen molar-refractivity contribution in [3.05, 3.63) is 76.8 Å². The molecule has 3 aromatic heterocycles. The van der Waals surface area contributed by atoms with Crippen LogP contribution in [0.4, 0.5) is 11.4 Å². The molecular formula is C19H13N3O4S. The molecule has 2 N–H and O–H groups in total. The lowest BCUT2D eigenvalue weighted by atomic mass is 10.2. The van der Waals surface area contributed by atoms with Crippen LogP contribution in [-0.4, -0.2) is 17.0 Å². The van der Waals surface area contributed by atoms with E-state index in [0.717, 1.165) is 0 Å². The van der Waals surface area contributed by atoms with Crippen LogP contribution in [0.25, 0.3) is 11.5 Å². The van der Waals surface area contributed by atoms with Gasteiger partial charge in [0.25, 0.3) is 11.8 Å². The number of carbonyl (C=O) groups excluding carboxylic acids is 2. The standard InChI is InChI=1S/C19H13N3O4S/c23-18(14-11-16(26-22-14)15-6-2-8-25-15)20-12-4-1-5-13(10-12)21-19(24)17-7-3-9-27-17/h1-11H,(H,20,23)(H,21,24). The minimum absolute atomic E-state index is 0.120. The van der Waals surface area contributed by atoms with E-state index in [-0.39, 0.29) is 11.6 Å². The van der Waals surface area contributed by atoms with Gasteiger partial charge in [-0.15, -0.1) is 11.3 Å². The van der Waals surface area contributed by atoms with Gasteiger partial charge in [0.1, 0.15) is 0 Å². The number of nitrogens with one attached hydrogen (secondary N) is 2. The summed E-state index contributed by atoms with van der Waals surface area (Å²) in [5.74, 6) is 0.216. The van der Waals surface area contributed by atoms with Gasteiger partial charge in [0.15, 0.2) is 11.5 Å². The summed E-state index contributed by atoms with van der Waals surface area (Å²) in [5.41, 5.74) is 1.21. The maximum absolute atomic E-state index is 12.4. The highest BCUT2D eigenvalue weighted by Crippen LogP contribution is 2.22. The first-order valence-electron chi connectivity index (χ1n) is 7.96. The van der Waals surface area contributed by atoms with E-state index >= 15 is 0 Å². The highest BCUT2D eigenvalue weighted by Gasteiger charge is 2.15. The van der Waals surface area contributed by atoms with Gasteiger partial charge in [-0.05, 0) is 41.8 Å². The third kappa shape index (κ3) is 3.80. The molecule has 0 saturated heterocycles. The van der Waals surface area contributed by atoms with Crippen LogP contribution >= 0.6 is 11.3 Å². The molecule has 2 amide bonds. The number of anilines is 2. The average Bonchev–Trinajstić information content (AvgIpc) is 3.43. The Labute approximate surface area is 157 Å². The zero-order valence-electron chi connectivity index (χ0n) is 13.8. The summed E-state index contributed by atoms with van der Waals surface area (Å²) in [4.78, 5) is 25.1. The van der Waals surface area contributed by atoms with Crippen molar-refractivity contribution in [3.63, 3.8) is 0 Å². The molecular weight excluding hydrogens is 366 g/mol. The molecule has 0 spiro atoms. The quantitative estimate of drug-likeness (QED) is 0.532. The summed E-state index contributed by atoms with van der Waals surface area (Å²) in [5, 5.41) is 11.1. The third-order valence-electron chi connectivity index (χ3n) is 3.63. The second-order valence-electron chi connectivity index (χ2n) is 5.52. The van der Waals surface area contributed by atoms with E-state index in [1.807, 2.05) is 11.4 Å². The van der Waals surface area contributed by atoms with Crippen molar-refractivity contribution in [1.82, 2.24) is 5.16 Å². The fourth-order valence-electron chi connectivity index (χ4n) is 2.39. The molecule has 0 fully saturated rings. The molecule has 0 atom stereocenters. The predicted octanol–water partition coefficient (Wildman–Crippen LogP) is 4.50. The van der Waals surface area contributed by atoms with E-state index in [1.54, 1.807) is 42.5 Å². The van der Waals surface area contributed by atoms with Gasteiger partial charge in [-0.3, -0.25) is 9.59 Å². The van der Waals surface area contributed by atoms with Crippen LogP contribution in [0.3, 0.4) is 0 Å². The van der Waals surface area contributed by atoms with Crippen molar-refractivity contribution in [1.29, 1.82) is 0 Å². The molecule has 0 aliphatic rings. The van der Waals surface area contributed by atoms with Gasteiger partial charge in [0.2, 0.25) is 5.76 Å². The Morgan fingerprint density at radius 3 is 2.41 bits per heavy atom.